The molecule has 0 aromatic rings. The Morgan fingerprint density at radius 3 is 2.44 bits per heavy atom. The van der Waals surface area contributed by atoms with Crippen LogP contribution in [0.25, 0.3) is 0 Å². The van der Waals surface area contributed by atoms with Crippen LogP contribution in [0.15, 0.2) is 0 Å². The molecule has 0 spiro atoms. The largest absolute Gasteiger partial charge is 0.313 e. The van der Waals surface area contributed by atoms with Gasteiger partial charge in [0.15, 0.2) is 0 Å². The van der Waals surface area contributed by atoms with Gasteiger partial charge in [-0.15, -0.1) is 0 Å². The Morgan fingerprint density at radius 1 is 1.56 bits per heavy atom. The number of nitrogens with two attached hydrogens (primary N) is 2. The monoisotopic (exact) mass is 127 g/mol. The molecule has 0 rings (SSSR count). The Labute approximate surface area is 55.6 Å². The van der Waals surface area contributed by atoms with Gasteiger partial charge in [0.05, 0.1) is 11.7 Å². The molecule has 0 fully saturated rings. The highest BCUT2D eigenvalue weighted by Crippen LogP contribution is 2.04. The Kier molecular flexibility index (Phi) is 3.21. The van der Waals surface area contributed by atoms with Gasteiger partial charge in [-0.05, 0) is 12.8 Å². The molecule has 0 amide bonds. The molecule has 0 aromatic heterocycles. The van der Waals surface area contributed by atoms with Crippen LogP contribution < -0.4 is 11.5 Å². The zero-order valence-electron chi connectivity index (χ0n) is 5.72. The lowest BCUT2D eigenvalue weighted by Gasteiger charge is -2.20. The van der Waals surface area contributed by atoms with Crippen molar-refractivity contribution in [2.75, 3.05) is 0 Å². The molecule has 0 saturated heterocycles. The minimum Gasteiger partial charge on any atom is -0.313 e. The van der Waals surface area contributed by atoms with E-state index in [4.69, 9.17) is 16.7 Å². The third-order valence-electron chi connectivity index (χ3n) is 1.36. The van der Waals surface area contributed by atoms with E-state index in [1.54, 1.807) is 0 Å². The van der Waals surface area contributed by atoms with Crippen LogP contribution in [0.1, 0.15) is 26.2 Å². The summed E-state index contributed by atoms with van der Waals surface area (Å²) in [6.07, 6.45) is 1.75. The first-order valence-corrected chi connectivity index (χ1v) is 3.07. The molecule has 0 radical (unpaired) electrons. The summed E-state index contributed by atoms with van der Waals surface area (Å²) in [5.74, 6) is 0. The van der Waals surface area contributed by atoms with E-state index in [-0.39, 0.29) is 0 Å². The van der Waals surface area contributed by atoms with Gasteiger partial charge in [-0.3, -0.25) is 0 Å². The first-order chi connectivity index (χ1) is 4.12. The summed E-state index contributed by atoms with van der Waals surface area (Å²) in [4.78, 5) is 0. The van der Waals surface area contributed by atoms with Gasteiger partial charge in [0.25, 0.3) is 0 Å². The van der Waals surface area contributed by atoms with E-state index in [9.17, 15) is 0 Å². The molecule has 0 aliphatic carbocycles. The predicted molar refractivity (Wildman–Crippen MR) is 36.2 cm³/mol. The summed E-state index contributed by atoms with van der Waals surface area (Å²) < 4.78 is 0. The van der Waals surface area contributed by atoms with Gasteiger partial charge < -0.3 is 11.5 Å². The molecule has 0 bridgehead atoms. The quantitative estimate of drug-likeness (QED) is 0.536. The molecule has 0 heterocycles. The molecule has 4 N–H and O–H groups in total. The van der Waals surface area contributed by atoms with Crippen molar-refractivity contribution < 1.29 is 0 Å². The fourth-order valence-electron chi connectivity index (χ4n) is 0.465. The Morgan fingerprint density at radius 2 is 2.11 bits per heavy atom. The zero-order chi connectivity index (χ0) is 7.33. The lowest BCUT2D eigenvalue weighted by molar-refractivity contribution is 0.400. The highest BCUT2D eigenvalue weighted by molar-refractivity contribution is 4.80. The van der Waals surface area contributed by atoms with E-state index >= 15 is 0 Å². The molecule has 0 saturated carbocycles. The van der Waals surface area contributed by atoms with E-state index < -0.39 is 5.66 Å². The fourth-order valence-corrected chi connectivity index (χ4v) is 0.465. The van der Waals surface area contributed by atoms with Crippen LogP contribution in [-0.2, 0) is 0 Å². The van der Waals surface area contributed by atoms with E-state index in [1.807, 2.05) is 13.0 Å². The van der Waals surface area contributed by atoms with Crippen LogP contribution in [-0.4, -0.2) is 5.66 Å². The fraction of sp³-hybridized carbons (Fsp3) is 0.833. The highest BCUT2D eigenvalue weighted by Gasteiger charge is 2.14. The first kappa shape index (κ1) is 8.41. The average molecular weight is 127 g/mol. The molecule has 3 heteroatoms. The topological polar surface area (TPSA) is 75.8 Å². The SMILES string of the molecule is CCC(N)(N)CCC#N. The normalized spacial score (nSPS) is 10.9. The van der Waals surface area contributed by atoms with Gasteiger partial charge in [0.1, 0.15) is 0 Å². The Bertz CT molecular complexity index is 112. The van der Waals surface area contributed by atoms with Crippen LogP contribution in [0.2, 0.25) is 0 Å². The Hall–Kier alpha value is -0.590. The standard InChI is InChI=1S/C6H13N3/c1-2-6(8,9)4-3-5-7/h2-4,8-9H2,1H3. The molecule has 0 unspecified atom stereocenters. The van der Waals surface area contributed by atoms with Gasteiger partial charge in [-0.25, -0.2) is 0 Å². The van der Waals surface area contributed by atoms with E-state index in [2.05, 4.69) is 0 Å². The second-order valence-corrected chi connectivity index (χ2v) is 2.24. The number of nitriles is 1. The van der Waals surface area contributed by atoms with Crippen molar-refractivity contribution in [2.45, 2.75) is 31.8 Å². The lowest BCUT2D eigenvalue weighted by atomic mass is 10.0. The van der Waals surface area contributed by atoms with Crippen LogP contribution in [0, 0.1) is 11.3 Å². The predicted octanol–water partition coefficient (Wildman–Crippen LogP) is 0.314. The number of hydrogen-bond donors (Lipinski definition) is 2. The molecule has 0 aliphatic heterocycles. The number of hydrogen-bond acceptors (Lipinski definition) is 3. The second kappa shape index (κ2) is 3.44. The van der Waals surface area contributed by atoms with Crippen molar-refractivity contribution in [3.05, 3.63) is 0 Å². The summed E-state index contributed by atoms with van der Waals surface area (Å²) >= 11 is 0. The molecular formula is C6H13N3. The average Bonchev–Trinajstić information content (AvgIpc) is 1.84. The highest BCUT2D eigenvalue weighted by atomic mass is 14.9. The Balaban J connectivity index is 3.48. The smallest absolute Gasteiger partial charge is 0.0643 e. The summed E-state index contributed by atoms with van der Waals surface area (Å²) in [7, 11) is 0. The molecular weight excluding hydrogens is 114 g/mol. The molecule has 0 aromatic carbocycles. The molecule has 0 atom stereocenters. The third-order valence-corrected chi connectivity index (χ3v) is 1.36. The van der Waals surface area contributed by atoms with Crippen molar-refractivity contribution >= 4 is 0 Å². The van der Waals surface area contributed by atoms with Crippen LogP contribution >= 0.6 is 0 Å². The summed E-state index contributed by atoms with van der Waals surface area (Å²) in [5.41, 5.74) is 10.4. The summed E-state index contributed by atoms with van der Waals surface area (Å²) in [6.45, 7) is 1.91. The summed E-state index contributed by atoms with van der Waals surface area (Å²) in [5, 5.41) is 8.16. The second-order valence-electron chi connectivity index (χ2n) is 2.24. The maximum absolute atomic E-state index is 8.16. The minimum absolute atomic E-state index is 0.445. The maximum atomic E-state index is 8.16. The van der Waals surface area contributed by atoms with Gasteiger partial charge in [0.2, 0.25) is 0 Å². The van der Waals surface area contributed by atoms with Gasteiger partial charge in [-0.2, -0.15) is 5.26 Å². The van der Waals surface area contributed by atoms with E-state index in [0.29, 0.717) is 19.3 Å². The number of nitrogens with zero attached hydrogens (tertiary/aromatic N) is 1. The van der Waals surface area contributed by atoms with Crippen LogP contribution in [0.4, 0.5) is 0 Å². The van der Waals surface area contributed by atoms with Crippen molar-refractivity contribution in [1.29, 1.82) is 5.26 Å². The van der Waals surface area contributed by atoms with Crippen molar-refractivity contribution in [2.24, 2.45) is 11.5 Å². The first-order valence-electron chi connectivity index (χ1n) is 3.07. The van der Waals surface area contributed by atoms with E-state index in [1.165, 1.54) is 0 Å². The molecule has 0 aliphatic rings. The van der Waals surface area contributed by atoms with E-state index in [0.717, 1.165) is 0 Å². The van der Waals surface area contributed by atoms with Crippen molar-refractivity contribution in [3.63, 3.8) is 0 Å². The zero-order valence-corrected chi connectivity index (χ0v) is 5.72. The van der Waals surface area contributed by atoms with Crippen LogP contribution in [0.3, 0.4) is 0 Å². The molecule has 3 nitrogen and oxygen atoms in total. The summed E-state index contributed by atoms with van der Waals surface area (Å²) in [6, 6.07) is 2.00. The van der Waals surface area contributed by atoms with Crippen molar-refractivity contribution in [1.82, 2.24) is 0 Å². The van der Waals surface area contributed by atoms with Crippen molar-refractivity contribution in [3.8, 4) is 6.07 Å². The molecule has 52 valence electrons. The van der Waals surface area contributed by atoms with Gasteiger partial charge in [-0.1, -0.05) is 6.92 Å². The van der Waals surface area contributed by atoms with Gasteiger partial charge in [0, 0.05) is 6.42 Å². The third kappa shape index (κ3) is 3.95. The number of rotatable bonds is 3. The molecule has 9 heavy (non-hydrogen) atoms. The maximum Gasteiger partial charge on any atom is 0.0643 e. The lowest BCUT2D eigenvalue weighted by Crippen LogP contribution is -2.48. The minimum atomic E-state index is -0.629. The van der Waals surface area contributed by atoms with Gasteiger partial charge >= 0.3 is 0 Å². The van der Waals surface area contributed by atoms with Crippen LogP contribution in [0.5, 0.6) is 0 Å².